The Bertz CT molecular complexity index is 390. The minimum atomic E-state index is -0.305. The number of benzene rings is 1. The molecule has 0 spiro atoms. The lowest BCUT2D eigenvalue weighted by atomic mass is 10.1. The Morgan fingerprint density at radius 3 is 2.47 bits per heavy atom. The molecular weight excluding hydrogens is 214 g/mol. The first kappa shape index (κ1) is 12.6. The Labute approximate surface area is 103 Å². The summed E-state index contributed by atoms with van der Waals surface area (Å²) in [7, 11) is 0. The maximum Gasteiger partial charge on any atom is 0.143 e. The van der Waals surface area contributed by atoms with Crippen LogP contribution in [0.25, 0.3) is 0 Å². The van der Waals surface area contributed by atoms with Gasteiger partial charge in [0.05, 0.1) is 6.61 Å². The van der Waals surface area contributed by atoms with E-state index in [4.69, 9.17) is 9.57 Å². The molecule has 94 valence electrons. The second kappa shape index (κ2) is 4.77. The zero-order valence-electron chi connectivity index (χ0n) is 11.1. The lowest BCUT2D eigenvalue weighted by Crippen LogP contribution is -2.63. The molecule has 0 amide bonds. The molecule has 1 heterocycles. The van der Waals surface area contributed by atoms with Gasteiger partial charge in [-0.3, -0.25) is 4.84 Å². The molecule has 1 aromatic rings. The third kappa shape index (κ3) is 2.51. The Balaban J connectivity index is 1.98. The predicted octanol–water partition coefficient (Wildman–Crippen LogP) is 3.09. The van der Waals surface area contributed by atoms with Crippen molar-refractivity contribution >= 4 is 0 Å². The minimum Gasteiger partial charge on any atom is -0.338 e. The molecule has 3 heteroatoms. The highest BCUT2D eigenvalue weighted by Gasteiger charge is 2.45. The van der Waals surface area contributed by atoms with Gasteiger partial charge in [0, 0.05) is 0 Å². The minimum absolute atomic E-state index is 0.0405. The summed E-state index contributed by atoms with van der Waals surface area (Å²) in [4.78, 5) is 5.84. The number of aryl methyl sites for hydroxylation is 1. The van der Waals surface area contributed by atoms with Crippen LogP contribution in [0, 0.1) is 0 Å². The lowest BCUT2D eigenvalue weighted by Gasteiger charge is -2.51. The molecule has 0 bridgehead atoms. The van der Waals surface area contributed by atoms with E-state index >= 15 is 0 Å². The normalized spacial score (nSPS) is 23.4. The molecule has 2 rings (SSSR count). The second-order valence-corrected chi connectivity index (χ2v) is 4.89. The number of nitrogens with zero attached hydrogens (tertiary/aromatic N) is 1. The molecule has 1 aromatic carbocycles. The topological polar surface area (TPSA) is 21.7 Å². The summed E-state index contributed by atoms with van der Waals surface area (Å²) in [6.45, 7) is 8.80. The van der Waals surface area contributed by atoms with Gasteiger partial charge in [0.25, 0.3) is 0 Å². The van der Waals surface area contributed by atoms with Crippen LogP contribution >= 0.6 is 0 Å². The van der Waals surface area contributed by atoms with E-state index in [1.54, 1.807) is 0 Å². The van der Waals surface area contributed by atoms with Crippen molar-refractivity contribution in [1.82, 2.24) is 5.06 Å². The van der Waals surface area contributed by atoms with E-state index in [-0.39, 0.29) is 12.0 Å². The Hall–Kier alpha value is -0.900. The summed E-state index contributed by atoms with van der Waals surface area (Å²) >= 11 is 0. The third-order valence-electron chi connectivity index (χ3n) is 3.18. The molecule has 0 saturated carbocycles. The van der Waals surface area contributed by atoms with Crippen LogP contribution in [0.3, 0.4) is 0 Å². The summed E-state index contributed by atoms with van der Waals surface area (Å²) in [5, 5.41) is 1.92. The summed E-state index contributed by atoms with van der Waals surface area (Å²) in [6.07, 6.45) is 1.08. The fourth-order valence-electron chi connectivity index (χ4n) is 2.35. The third-order valence-corrected chi connectivity index (χ3v) is 3.18. The summed E-state index contributed by atoms with van der Waals surface area (Å²) in [6, 6.07) is 8.40. The van der Waals surface area contributed by atoms with Crippen molar-refractivity contribution < 1.29 is 9.57 Å². The predicted molar refractivity (Wildman–Crippen MR) is 67.1 cm³/mol. The van der Waals surface area contributed by atoms with E-state index in [1.807, 2.05) is 25.8 Å². The number of ether oxygens (including phenoxy) is 1. The van der Waals surface area contributed by atoms with Gasteiger partial charge >= 0.3 is 0 Å². The average molecular weight is 235 g/mol. The van der Waals surface area contributed by atoms with Crippen LogP contribution in [0.4, 0.5) is 0 Å². The van der Waals surface area contributed by atoms with E-state index in [2.05, 4.69) is 31.2 Å². The maximum atomic E-state index is 5.84. The number of hydrogen-bond donors (Lipinski definition) is 0. The van der Waals surface area contributed by atoms with Crippen molar-refractivity contribution in [3.8, 4) is 0 Å². The van der Waals surface area contributed by atoms with Crippen molar-refractivity contribution in [3.05, 3.63) is 35.4 Å². The Morgan fingerprint density at radius 2 is 1.94 bits per heavy atom. The molecule has 0 aromatic heterocycles. The van der Waals surface area contributed by atoms with Gasteiger partial charge in [-0.15, -0.1) is 5.06 Å². The molecule has 0 aliphatic carbocycles. The van der Waals surface area contributed by atoms with Crippen molar-refractivity contribution in [2.24, 2.45) is 0 Å². The quantitative estimate of drug-likeness (QED) is 0.800. The molecular formula is C14H21NO2. The van der Waals surface area contributed by atoms with Gasteiger partial charge in [0.15, 0.2) is 0 Å². The van der Waals surface area contributed by atoms with Gasteiger partial charge in [0.2, 0.25) is 0 Å². The van der Waals surface area contributed by atoms with Gasteiger partial charge in [-0.25, -0.2) is 0 Å². The van der Waals surface area contributed by atoms with Crippen molar-refractivity contribution in [2.45, 2.75) is 52.7 Å². The van der Waals surface area contributed by atoms with E-state index < -0.39 is 0 Å². The van der Waals surface area contributed by atoms with E-state index in [0.29, 0.717) is 6.61 Å². The van der Waals surface area contributed by atoms with Gasteiger partial charge in [0.1, 0.15) is 12.0 Å². The second-order valence-electron chi connectivity index (χ2n) is 4.89. The highest BCUT2D eigenvalue weighted by Crippen LogP contribution is 2.33. The number of rotatable bonds is 4. The van der Waals surface area contributed by atoms with Crippen LogP contribution in [-0.4, -0.2) is 17.0 Å². The highest BCUT2D eigenvalue weighted by molar-refractivity contribution is 5.26. The smallest absolute Gasteiger partial charge is 0.143 e. The molecule has 1 fully saturated rings. The molecule has 17 heavy (non-hydrogen) atoms. The van der Waals surface area contributed by atoms with Crippen LogP contribution in [0.15, 0.2) is 24.3 Å². The van der Waals surface area contributed by atoms with Gasteiger partial charge in [-0.05, 0) is 38.3 Å². The average Bonchev–Trinajstić information content (AvgIpc) is 2.28. The fourth-order valence-corrected chi connectivity index (χ4v) is 2.35. The molecule has 1 aliphatic rings. The molecule has 1 atom stereocenters. The molecule has 0 N–H and O–H groups in total. The van der Waals surface area contributed by atoms with Gasteiger partial charge in [-0.2, -0.15) is 0 Å². The molecule has 1 saturated heterocycles. The summed E-state index contributed by atoms with van der Waals surface area (Å²) in [5.41, 5.74) is 2.30. The number of hydroxylamine groups is 2. The molecule has 3 nitrogen and oxygen atoms in total. The monoisotopic (exact) mass is 235 g/mol. The van der Waals surface area contributed by atoms with Crippen LogP contribution in [0.5, 0.6) is 0 Å². The van der Waals surface area contributed by atoms with Crippen molar-refractivity contribution in [2.75, 3.05) is 0 Å². The van der Waals surface area contributed by atoms with Gasteiger partial charge < -0.3 is 4.74 Å². The van der Waals surface area contributed by atoms with Crippen LogP contribution in [-0.2, 0) is 22.6 Å². The van der Waals surface area contributed by atoms with Crippen molar-refractivity contribution in [3.63, 3.8) is 0 Å². The summed E-state index contributed by atoms with van der Waals surface area (Å²) in [5.74, 6) is 0. The first-order chi connectivity index (χ1) is 8.04. The number of hydrogen-bond acceptors (Lipinski definition) is 3. The summed E-state index contributed by atoms with van der Waals surface area (Å²) < 4.78 is 5.58. The van der Waals surface area contributed by atoms with Crippen LogP contribution in [0.1, 0.15) is 38.8 Å². The van der Waals surface area contributed by atoms with E-state index in [0.717, 1.165) is 6.42 Å². The Kier molecular flexibility index (Phi) is 3.52. The standard InChI is InChI=1S/C14H21NO2/c1-5-12-8-6-7-9-13(12)10-16-15-11(2)17-14(15,3)4/h6-9,11H,5,10H2,1-4H3. The Morgan fingerprint density at radius 1 is 1.29 bits per heavy atom. The molecule has 0 radical (unpaired) electrons. The SMILES string of the molecule is CCc1ccccc1CON1C(C)OC1(C)C. The maximum absolute atomic E-state index is 5.84. The molecule has 1 aliphatic heterocycles. The van der Waals surface area contributed by atoms with Gasteiger partial charge in [-0.1, -0.05) is 31.2 Å². The zero-order chi connectivity index (χ0) is 12.5. The zero-order valence-corrected chi connectivity index (χ0v) is 11.1. The molecule has 1 unspecified atom stereocenters. The van der Waals surface area contributed by atoms with Crippen LogP contribution < -0.4 is 0 Å². The fraction of sp³-hybridized carbons (Fsp3) is 0.571. The highest BCUT2D eigenvalue weighted by atomic mass is 16.8. The van der Waals surface area contributed by atoms with Crippen molar-refractivity contribution in [1.29, 1.82) is 0 Å². The van der Waals surface area contributed by atoms with E-state index in [9.17, 15) is 0 Å². The largest absolute Gasteiger partial charge is 0.338 e. The first-order valence-corrected chi connectivity index (χ1v) is 6.21. The lowest BCUT2D eigenvalue weighted by molar-refractivity contribution is -0.460. The first-order valence-electron chi connectivity index (χ1n) is 6.21. The van der Waals surface area contributed by atoms with E-state index in [1.165, 1.54) is 11.1 Å². The van der Waals surface area contributed by atoms with Crippen LogP contribution in [0.2, 0.25) is 0 Å².